The van der Waals surface area contributed by atoms with Crippen LogP contribution in [0, 0.1) is 0 Å². The molecule has 0 aliphatic heterocycles. The summed E-state index contributed by atoms with van der Waals surface area (Å²) in [6.07, 6.45) is 0. The predicted molar refractivity (Wildman–Crippen MR) is 55.2 cm³/mol. The van der Waals surface area contributed by atoms with Crippen LogP contribution in [0.25, 0.3) is 11.1 Å². The standard InChI is InChI=1S/C12H10O2.2Na/c13-11-5-1-9(2-6-11)10-3-7-12(14)8-4-10;;/h1-8,13-14H;;/q;2*+1. The van der Waals surface area contributed by atoms with Gasteiger partial charge in [0, 0.05) is 0 Å². The Morgan fingerprint density at radius 3 is 1.00 bits per heavy atom. The monoisotopic (exact) mass is 232 g/mol. The molecule has 2 aromatic carbocycles. The van der Waals surface area contributed by atoms with E-state index in [1.807, 2.05) is 24.3 Å². The van der Waals surface area contributed by atoms with Gasteiger partial charge in [-0.25, -0.2) is 0 Å². The summed E-state index contributed by atoms with van der Waals surface area (Å²) in [6.45, 7) is 0. The largest absolute Gasteiger partial charge is 1.00 e. The van der Waals surface area contributed by atoms with Crippen LogP contribution in [0.5, 0.6) is 11.5 Å². The van der Waals surface area contributed by atoms with E-state index >= 15 is 0 Å². The van der Waals surface area contributed by atoms with Gasteiger partial charge in [0.25, 0.3) is 0 Å². The minimum Gasteiger partial charge on any atom is -0.508 e. The van der Waals surface area contributed by atoms with Gasteiger partial charge in [0.2, 0.25) is 0 Å². The third-order valence-corrected chi connectivity index (χ3v) is 2.07. The third-order valence-electron chi connectivity index (χ3n) is 2.07. The number of phenols is 2. The molecule has 0 aromatic heterocycles. The number of phenolic OH excluding ortho intramolecular Hbond substituents is 2. The van der Waals surface area contributed by atoms with E-state index in [9.17, 15) is 0 Å². The van der Waals surface area contributed by atoms with E-state index < -0.39 is 0 Å². The Kier molecular flexibility index (Phi) is 7.40. The zero-order valence-corrected chi connectivity index (χ0v) is 13.5. The van der Waals surface area contributed by atoms with Crippen molar-refractivity contribution in [3.05, 3.63) is 48.5 Å². The molecule has 0 aliphatic rings. The topological polar surface area (TPSA) is 40.5 Å². The average molecular weight is 232 g/mol. The van der Waals surface area contributed by atoms with Crippen LogP contribution in [0.1, 0.15) is 0 Å². The van der Waals surface area contributed by atoms with Crippen molar-refractivity contribution in [3.8, 4) is 22.6 Å². The van der Waals surface area contributed by atoms with Crippen LogP contribution < -0.4 is 59.1 Å². The molecule has 0 saturated heterocycles. The molecule has 16 heavy (non-hydrogen) atoms. The second kappa shape index (κ2) is 7.38. The van der Waals surface area contributed by atoms with Crippen molar-refractivity contribution in [3.63, 3.8) is 0 Å². The van der Waals surface area contributed by atoms with Crippen LogP contribution in [0.15, 0.2) is 48.5 Å². The molecule has 0 unspecified atom stereocenters. The van der Waals surface area contributed by atoms with Crippen molar-refractivity contribution in [1.29, 1.82) is 0 Å². The summed E-state index contributed by atoms with van der Waals surface area (Å²) in [7, 11) is 0. The van der Waals surface area contributed by atoms with Crippen molar-refractivity contribution in [2.24, 2.45) is 0 Å². The van der Waals surface area contributed by atoms with Gasteiger partial charge in [-0.05, 0) is 35.4 Å². The molecule has 2 N–H and O–H groups in total. The maximum Gasteiger partial charge on any atom is 1.00 e. The number of hydrogen-bond donors (Lipinski definition) is 2. The smallest absolute Gasteiger partial charge is 0.508 e. The van der Waals surface area contributed by atoms with Crippen molar-refractivity contribution < 1.29 is 69.3 Å². The first-order valence-corrected chi connectivity index (χ1v) is 4.34. The SMILES string of the molecule is Oc1ccc(-c2ccc(O)cc2)cc1.[Na+].[Na+]. The van der Waals surface area contributed by atoms with Crippen LogP contribution in [0.3, 0.4) is 0 Å². The molecule has 0 fully saturated rings. The van der Waals surface area contributed by atoms with E-state index in [0.717, 1.165) is 11.1 Å². The zero-order valence-electron chi connectivity index (χ0n) is 9.51. The number of benzene rings is 2. The van der Waals surface area contributed by atoms with Crippen molar-refractivity contribution in [1.82, 2.24) is 0 Å². The van der Waals surface area contributed by atoms with Gasteiger partial charge in [-0.15, -0.1) is 0 Å². The first-order chi connectivity index (χ1) is 6.75. The Bertz CT molecular complexity index is 380. The fourth-order valence-corrected chi connectivity index (χ4v) is 1.31. The van der Waals surface area contributed by atoms with Gasteiger partial charge >= 0.3 is 59.1 Å². The molecule has 4 heteroatoms. The van der Waals surface area contributed by atoms with Gasteiger partial charge in [0.15, 0.2) is 0 Å². The van der Waals surface area contributed by atoms with Gasteiger partial charge in [-0.3, -0.25) is 0 Å². The van der Waals surface area contributed by atoms with Crippen LogP contribution in [0.4, 0.5) is 0 Å². The number of aromatic hydroxyl groups is 2. The Morgan fingerprint density at radius 1 is 0.500 bits per heavy atom. The van der Waals surface area contributed by atoms with E-state index in [1.165, 1.54) is 0 Å². The van der Waals surface area contributed by atoms with E-state index in [0.29, 0.717) is 0 Å². The molecular weight excluding hydrogens is 222 g/mol. The summed E-state index contributed by atoms with van der Waals surface area (Å²) in [6, 6.07) is 13.9. The second-order valence-corrected chi connectivity index (χ2v) is 3.09. The molecule has 0 spiro atoms. The molecular formula is C12H10Na2O2+2. The van der Waals surface area contributed by atoms with Gasteiger partial charge in [-0.1, -0.05) is 24.3 Å². The molecule has 0 radical (unpaired) electrons. The average Bonchev–Trinajstić information content (AvgIpc) is 2.21. The Labute approximate surface area is 139 Å². The summed E-state index contributed by atoms with van der Waals surface area (Å²) < 4.78 is 0. The second-order valence-electron chi connectivity index (χ2n) is 3.09. The minimum absolute atomic E-state index is 0. The molecule has 2 nitrogen and oxygen atoms in total. The minimum atomic E-state index is 0. The quantitative estimate of drug-likeness (QED) is 0.508. The summed E-state index contributed by atoms with van der Waals surface area (Å²) in [5.41, 5.74) is 2.03. The van der Waals surface area contributed by atoms with E-state index in [2.05, 4.69) is 0 Å². The summed E-state index contributed by atoms with van der Waals surface area (Å²) >= 11 is 0. The first kappa shape index (κ1) is 16.0. The van der Waals surface area contributed by atoms with Crippen molar-refractivity contribution >= 4 is 0 Å². The molecule has 0 bridgehead atoms. The summed E-state index contributed by atoms with van der Waals surface area (Å²) in [5, 5.41) is 18.2. The summed E-state index contributed by atoms with van der Waals surface area (Å²) in [4.78, 5) is 0. The molecule has 2 aromatic rings. The molecule has 70 valence electrons. The van der Waals surface area contributed by atoms with Gasteiger partial charge in [0.05, 0.1) is 0 Å². The van der Waals surface area contributed by atoms with Crippen LogP contribution in [-0.4, -0.2) is 10.2 Å². The van der Waals surface area contributed by atoms with Gasteiger partial charge in [0.1, 0.15) is 11.5 Å². The fraction of sp³-hybridized carbons (Fsp3) is 0. The Hall–Kier alpha value is 0.0400. The number of rotatable bonds is 1. The third kappa shape index (κ3) is 4.13. The fourth-order valence-electron chi connectivity index (χ4n) is 1.31. The molecule has 0 saturated carbocycles. The van der Waals surface area contributed by atoms with Crippen molar-refractivity contribution in [2.75, 3.05) is 0 Å². The van der Waals surface area contributed by atoms with E-state index in [4.69, 9.17) is 10.2 Å². The van der Waals surface area contributed by atoms with Crippen LogP contribution in [0.2, 0.25) is 0 Å². The maximum absolute atomic E-state index is 9.11. The number of hydrogen-bond acceptors (Lipinski definition) is 2. The molecule has 0 aliphatic carbocycles. The zero-order chi connectivity index (χ0) is 9.97. The van der Waals surface area contributed by atoms with Gasteiger partial charge in [-0.2, -0.15) is 0 Å². The molecule has 0 atom stereocenters. The molecule has 0 heterocycles. The van der Waals surface area contributed by atoms with Crippen LogP contribution >= 0.6 is 0 Å². The van der Waals surface area contributed by atoms with Crippen LogP contribution in [-0.2, 0) is 0 Å². The maximum atomic E-state index is 9.11. The summed E-state index contributed by atoms with van der Waals surface area (Å²) in [5.74, 6) is 0.514. The Balaban J connectivity index is 0.00000112. The molecule has 2 rings (SSSR count). The normalized spacial score (nSPS) is 8.75. The van der Waals surface area contributed by atoms with E-state index in [-0.39, 0.29) is 70.6 Å². The molecule has 0 amide bonds. The Morgan fingerprint density at radius 2 is 0.750 bits per heavy atom. The van der Waals surface area contributed by atoms with Crippen molar-refractivity contribution in [2.45, 2.75) is 0 Å². The van der Waals surface area contributed by atoms with E-state index in [1.54, 1.807) is 24.3 Å². The predicted octanol–water partition coefficient (Wildman–Crippen LogP) is -3.23. The van der Waals surface area contributed by atoms with Gasteiger partial charge < -0.3 is 10.2 Å². The first-order valence-electron chi connectivity index (χ1n) is 4.34.